The molecule has 140 valence electrons. The van der Waals surface area contributed by atoms with Gasteiger partial charge in [-0.25, -0.2) is 0 Å². The van der Waals surface area contributed by atoms with Crippen LogP contribution >= 0.6 is 11.3 Å². The fraction of sp³-hybridized carbons (Fsp3) is 0.182. The molecular formula is C22H18N2O3S. The second kappa shape index (κ2) is 6.58. The number of aromatic nitrogens is 1. The van der Waals surface area contributed by atoms with Crippen LogP contribution in [0.25, 0.3) is 26.7 Å². The number of thiophene rings is 1. The van der Waals surface area contributed by atoms with Gasteiger partial charge in [0.25, 0.3) is 11.5 Å². The summed E-state index contributed by atoms with van der Waals surface area (Å²) in [6.45, 7) is 0.576. The van der Waals surface area contributed by atoms with E-state index in [1.165, 1.54) is 11.3 Å². The lowest BCUT2D eigenvalue weighted by Gasteiger charge is -2.40. The largest absolute Gasteiger partial charge is 0.394 e. The zero-order valence-corrected chi connectivity index (χ0v) is 15.9. The SMILES string of the molecule is O=C(c1cc(-c2ccccc2)c(=O)n2ccc3ccsc3c12)N1CC[C@H]1CO. The van der Waals surface area contributed by atoms with E-state index in [2.05, 4.69) is 0 Å². The van der Waals surface area contributed by atoms with Crippen molar-refractivity contribution in [2.24, 2.45) is 0 Å². The van der Waals surface area contributed by atoms with E-state index in [0.717, 1.165) is 22.1 Å². The van der Waals surface area contributed by atoms with Crippen LogP contribution in [0.4, 0.5) is 0 Å². The first-order valence-corrected chi connectivity index (χ1v) is 10.1. The Labute approximate surface area is 165 Å². The number of amides is 1. The summed E-state index contributed by atoms with van der Waals surface area (Å²) in [5.74, 6) is -0.138. The van der Waals surface area contributed by atoms with Gasteiger partial charge < -0.3 is 10.0 Å². The summed E-state index contributed by atoms with van der Waals surface area (Å²) in [4.78, 5) is 28.3. The van der Waals surface area contributed by atoms with Crippen LogP contribution in [0.2, 0.25) is 0 Å². The van der Waals surface area contributed by atoms with Crippen LogP contribution in [0.5, 0.6) is 0 Å². The predicted molar refractivity (Wildman–Crippen MR) is 111 cm³/mol. The minimum absolute atomic E-state index is 0.0452. The number of pyridine rings is 2. The zero-order valence-electron chi connectivity index (χ0n) is 15.0. The Bertz CT molecular complexity index is 1260. The van der Waals surface area contributed by atoms with E-state index in [9.17, 15) is 14.7 Å². The molecule has 0 unspecified atom stereocenters. The van der Waals surface area contributed by atoms with Crippen LogP contribution < -0.4 is 5.56 Å². The number of carbonyl (C=O) groups excluding carboxylic acids is 1. The smallest absolute Gasteiger partial charge is 0.263 e. The molecule has 0 saturated carbocycles. The van der Waals surface area contributed by atoms with Crippen LogP contribution in [-0.4, -0.2) is 39.5 Å². The third kappa shape index (κ3) is 2.49. The number of hydrogen-bond acceptors (Lipinski definition) is 4. The first-order valence-electron chi connectivity index (χ1n) is 9.22. The zero-order chi connectivity index (χ0) is 19.3. The van der Waals surface area contributed by atoms with E-state index < -0.39 is 0 Å². The average Bonchev–Trinajstić information content (AvgIpc) is 3.17. The Morgan fingerprint density at radius 1 is 1.18 bits per heavy atom. The minimum Gasteiger partial charge on any atom is -0.394 e. The average molecular weight is 390 g/mol. The number of rotatable bonds is 3. The van der Waals surface area contributed by atoms with Gasteiger partial charge in [-0.1, -0.05) is 30.3 Å². The Balaban J connectivity index is 1.83. The van der Waals surface area contributed by atoms with Crippen molar-refractivity contribution in [2.45, 2.75) is 12.5 Å². The summed E-state index contributed by atoms with van der Waals surface area (Å²) in [5.41, 5.74) is 2.29. The highest BCUT2D eigenvalue weighted by Crippen LogP contribution is 2.31. The molecule has 4 aromatic rings. The molecule has 1 aliphatic heterocycles. The van der Waals surface area contributed by atoms with Gasteiger partial charge in [0.05, 0.1) is 28.4 Å². The van der Waals surface area contributed by atoms with Gasteiger partial charge in [0, 0.05) is 18.3 Å². The molecule has 1 aliphatic rings. The van der Waals surface area contributed by atoms with Crippen molar-refractivity contribution in [2.75, 3.05) is 13.2 Å². The van der Waals surface area contributed by atoms with E-state index in [0.29, 0.717) is 23.2 Å². The van der Waals surface area contributed by atoms with E-state index >= 15 is 0 Å². The van der Waals surface area contributed by atoms with E-state index in [1.54, 1.807) is 21.6 Å². The first kappa shape index (κ1) is 17.2. The van der Waals surface area contributed by atoms with Crippen LogP contribution in [0.1, 0.15) is 16.8 Å². The first-order chi connectivity index (χ1) is 13.7. The van der Waals surface area contributed by atoms with Gasteiger partial charge in [0.2, 0.25) is 0 Å². The van der Waals surface area contributed by atoms with Crippen LogP contribution in [0, 0.1) is 0 Å². The fourth-order valence-electron chi connectivity index (χ4n) is 3.85. The summed E-state index contributed by atoms with van der Waals surface area (Å²) in [6.07, 6.45) is 2.54. The molecule has 6 heteroatoms. The quantitative estimate of drug-likeness (QED) is 0.583. The number of aliphatic hydroxyl groups is 1. The number of aliphatic hydroxyl groups excluding tert-OH is 1. The molecule has 0 bridgehead atoms. The van der Waals surface area contributed by atoms with Crippen molar-refractivity contribution in [1.29, 1.82) is 0 Å². The summed E-state index contributed by atoms with van der Waals surface area (Å²) in [7, 11) is 0. The normalized spacial score (nSPS) is 16.5. The fourth-order valence-corrected chi connectivity index (χ4v) is 4.79. The molecular weight excluding hydrogens is 372 g/mol. The number of benzene rings is 1. The molecule has 1 amide bonds. The van der Waals surface area contributed by atoms with Crippen LogP contribution in [0.3, 0.4) is 0 Å². The molecule has 0 aliphatic carbocycles. The summed E-state index contributed by atoms with van der Waals surface area (Å²) in [5, 5.41) is 12.5. The van der Waals surface area contributed by atoms with E-state index in [1.807, 2.05) is 47.8 Å². The monoisotopic (exact) mass is 390 g/mol. The van der Waals surface area contributed by atoms with Gasteiger partial charge >= 0.3 is 0 Å². The maximum absolute atomic E-state index is 13.4. The minimum atomic E-state index is -0.151. The molecule has 0 radical (unpaired) electrons. The van der Waals surface area contributed by atoms with Crippen molar-refractivity contribution in [3.8, 4) is 11.1 Å². The molecule has 5 rings (SSSR count). The van der Waals surface area contributed by atoms with Crippen molar-refractivity contribution < 1.29 is 9.90 Å². The van der Waals surface area contributed by atoms with Crippen LogP contribution in [0.15, 0.2) is 64.9 Å². The number of likely N-dealkylation sites (tertiary alicyclic amines) is 1. The lowest BCUT2D eigenvalue weighted by molar-refractivity contribution is 0.0297. The van der Waals surface area contributed by atoms with Crippen molar-refractivity contribution in [3.05, 3.63) is 76.0 Å². The van der Waals surface area contributed by atoms with Crippen LogP contribution in [-0.2, 0) is 0 Å². The van der Waals surface area contributed by atoms with Crippen molar-refractivity contribution in [3.63, 3.8) is 0 Å². The van der Waals surface area contributed by atoms with Gasteiger partial charge in [-0.05, 0) is 40.9 Å². The molecule has 1 aromatic carbocycles. The van der Waals surface area contributed by atoms with Crippen molar-refractivity contribution in [1.82, 2.24) is 9.30 Å². The Morgan fingerprint density at radius 2 is 2.00 bits per heavy atom. The van der Waals surface area contributed by atoms with Crippen molar-refractivity contribution >= 4 is 32.8 Å². The number of nitrogens with zero attached hydrogens (tertiary/aromatic N) is 2. The Kier molecular flexibility index (Phi) is 4.03. The summed E-state index contributed by atoms with van der Waals surface area (Å²) < 4.78 is 2.51. The van der Waals surface area contributed by atoms with E-state index in [4.69, 9.17) is 0 Å². The number of carbonyl (C=O) groups is 1. The highest BCUT2D eigenvalue weighted by atomic mass is 32.1. The third-order valence-corrected chi connectivity index (χ3v) is 6.42. The second-order valence-corrected chi connectivity index (χ2v) is 7.92. The molecule has 3 aromatic heterocycles. The predicted octanol–water partition coefficient (Wildman–Crippen LogP) is 3.39. The lowest BCUT2D eigenvalue weighted by Crippen LogP contribution is -2.53. The van der Waals surface area contributed by atoms with Gasteiger partial charge in [-0.15, -0.1) is 11.3 Å². The lowest BCUT2D eigenvalue weighted by atomic mass is 9.99. The molecule has 0 spiro atoms. The molecule has 28 heavy (non-hydrogen) atoms. The van der Waals surface area contributed by atoms with Gasteiger partial charge in [-0.2, -0.15) is 0 Å². The third-order valence-electron chi connectivity index (χ3n) is 5.48. The Hall–Kier alpha value is -2.96. The van der Waals surface area contributed by atoms with Gasteiger partial charge in [0.1, 0.15) is 0 Å². The summed E-state index contributed by atoms with van der Waals surface area (Å²) in [6, 6.07) is 14.9. The number of hydrogen-bond donors (Lipinski definition) is 1. The second-order valence-electron chi connectivity index (χ2n) is 7.01. The molecule has 5 nitrogen and oxygen atoms in total. The molecule has 1 atom stereocenters. The molecule has 1 saturated heterocycles. The van der Waals surface area contributed by atoms with Gasteiger partial charge in [-0.3, -0.25) is 14.0 Å². The standard InChI is InChI=1S/C22H18N2O3S/c25-13-16-7-10-23(16)22(27)18-12-17(14-4-2-1-3-5-14)21(26)24-9-6-15-8-11-28-20(15)19(18)24/h1-6,8-9,11-12,16,25H,7,10,13H2/t16-/m0/s1. The molecule has 1 fully saturated rings. The maximum atomic E-state index is 13.4. The highest BCUT2D eigenvalue weighted by Gasteiger charge is 2.33. The number of fused-ring (bicyclic) bond motifs is 3. The molecule has 4 heterocycles. The highest BCUT2D eigenvalue weighted by molar-refractivity contribution is 7.18. The Morgan fingerprint density at radius 3 is 2.71 bits per heavy atom. The van der Waals surface area contributed by atoms with E-state index in [-0.39, 0.29) is 24.1 Å². The maximum Gasteiger partial charge on any atom is 0.263 e. The van der Waals surface area contributed by atoms with Gasteiger partial charge in [0.15, 0.2) is 0 Å². The summed E-state index contributed by atoms with van der Waals surface area (Å²) >= 11 is 1.52. The topological polar surface area (TPSA) is 62.0 Å². The molecule has 1 N–H and O–H groups in total.